The van der Waals surface area contributed by atoms with E-state index >= 15 is 0 Å². The first kappa shape index (κ1) is 12.2. The van der Waals surface area contributed by atoms with Crippen LogP contribution in [0.25, 0.3) is 6.08 Å². The molecule has 0 atom stereocenters. The number of fused-ring (bicyclic) bond motifs is 2. The fraction of sp³-hybridized carbons (Fsp3) is 0.529. The van der Waals surface area contributed by atoms with Crippen LogP contribution in [0.4, 0.5) is 0 Å². The first-order valence-corrected chi connectivity index (χ1v) is 10.9. The normalized spacial score (nSPS) is 21.8. The van der Waals surface area contributed by atoms with Crippen LogP contribution in [0.15, 0.2) is 29.5 Å². The maximum atomic E-state index is 2.55. The van der Waals surface area contributed by atoms with Crippen molar-refractivity contribution >= 4 is 14.1 Å². The van der Waals surface area contributed by atoms with Gasteiger partial charge < -0.3 is 0 Å². The molecular weight excluding hydrogens is 232 g/mol. The van der Waals surface area contributed by atoms with Crippen LogP contribution in [-0.2, 0) is 5.41 Å². The molecule has 1 aromatic carbocycles. The SMILES string of the molecule is C[Si](C)(C)C1=Cc2ccccc2C12CCCCC2. The van der Waals surface area contributed by atoms with Crippen LogP contribution in [0.2, 0.25) is 19.6 Å². The Kier molecular flexibility index (Phi) is 2.78. The Morgan fingerprint density at radius 3 is 2.28 bits per heavy atom. The summed E-state index contributed by atoms with van der Waals surface area (Å²) in [6.45, 7) is 7.54. The molecule has 0 unspecified atom stereocenters. The van der Waals surface area contributed by atoms with Crippen molar-refractivity contribution in [1.29, 1.82) is 0 Å². The molecule has 2 aliphatic carbocycles. The molecule has 0 bridgehead atoms. The summed E-state index contributed by atoms with van der Waals surface area (Å²) in [5, 5.41) is 1.82. The number of hydrogen-bond acceptors (Lipinski definition) is 0. The van der Waals surface area contributed by atoms with Gasteiger partial charge in [0.05, 0.1) is 8.07 Å². The third-order valence-electron chi connectivity index (χ3n) is 4.81. The molecule has 0 nitrogen and oxygen atoms in total. The Bertz CT molecular complexity index is 485. The van der Waals surface area contributed by atoms with Gasteiger partial charge in [0.2, 0.25) is 0 Å². The minimum Gasteiger partial charge on any atom is -0.0702 e. The molecule has 2 aliphatic rings. The summed E-state index contributed by atoms with van der Waals surface area (Å²) in [7, 11) is -1.22. The topological polar surface area (TPSA) is 0 Å². The lowest BCUT2D eigenvalue weighted by atomic mass is 9.71. The monoisotopic (exact) mass is 256 g/mol. The van der Waals surface area contributed by atoms with Crippen molar-refractivity contribution in [3.63, 3.8) is 0 Å². The van der Waals surface area contributed by atoms with E-state index in [1.54, 1.807) is 5.56 Å². The highest BCUT2D eigenvalue weighted by molar-refractivity contribution is 6.84. The molecule has 0 aromatic heterocycles. The number of rotatable bonds is 1. The number of allylic oxidation sites excluding steroid dienone is 1. The molecule has 0 heterocycles. The zero-order valence-corrected chi connectivity index (χ0v) is 12.9. The van der Waals surface area contributed by atoms with E-state index in [-0.39, 0.29) is 0 Å². The van der Waals surface area contributed by atoms with E-state index in [4.69, 9.17) is 0 Å². The molecule has 1 heteroatoms. The van der Waals surface area contributed by atoms with Gasteiger partial charge in [0, 0.05) is 5.41 Å². The molecule has 1 spiro atoms. The second kappa shape index (κ2) is 4.09. The first-order chi connectivity index (χ1) is 8.54. The van der Waals surface area contributed by atoms with E-state index in [0.29, 0.717) is 5.41 Å². The highest BCUT2D eigenvalue weighted by Crippen LogP contribution is 2.53. The molecular formula is C17H24Si. The quantitative estimate of drug-likeness (QED) is 0.609. The van der Waals surface area contributed by atoms with Crippen LogP contribution in [0.1, 0.15) is 43.2 Å². The highest BCUT2D eigenvalue weighted by Gasteiger charge is 2.46. The Hall–Kier alpha value is -0.823. The van der Waals surface area contributed by atoms with Gasteiger partial charge in [-0.3, -0.25) is 0 Å². The Labute approximate surface area is 112 Å². The van der Waals surface area contributed by atoms with Gasteiger partial charge >= 0.3 is 0 Å². The van der Waals surface area contributed by atoms with Crippen molar-refractivity contribution in [3.05, 3.63) is 40.6 Å². The van der Waals surface area contributed by atoms with E-state index in [1.165, 1.54) is 37.7 Å². The molecule has 0 N–H and O–H groups in total. The largest absolute Gasteiger partial charge is 0.0736 e. The molecule has 18 heavy (non-hydrogen) atoms. The lowest BCUT2D eigenvalue weighted by molar-refractivity contribution is 0.354. The molecule has 1 aromatic rings. The van der Waals surface area contributed by atoms with Gasteiger partial charge in [0.1, 0.15) is 0 Å². The van der Waals surface area contributed by atoms with Gasteiger partial charge in [0.15, 0.2) is 0 Å². The summed E-state index contributed by atoms with van der Waals surface area (Å²) < 4.78 is 0. The lowest BCUT2D eigenvalue weighted by Crippen LogP contribution is -2.40. The average molecular weight is 256 g/mol. The third-order valence-corrected chi connectivity index (χ3v) is 7.05. The van der Waals surface area contributed by atoms with Crippen molar-refractivity contribution in [3.8, 4) is 0 Å². The Morgan fingerprint density at radius 2 is 1.61 bits per heavy atom. The van der Waals surface area contributed by atoms with Gasteiger partial charge in [-0.25, -0.2) is 0 Å². The zero-order chi connectivity index (χ0) is 12.8. The van der Waals surface area contributed by atoms with Crippen molar-refractivity contribution < 1.29 is 0 Å². The molecule has 1 fully saturated rings. The van der Waals surface area contributed by atoms with Gasteiger partial charge in [-0.2, -0.15) is 0 Å². The molecule has 0 saturated heterocycles. The van der Waals surface area contributed by atoms with Crippen LogP contribution in [0, 0.1) is 0 Å². The standard InChI is InChI=1S/C17H24Si/c1-18(2,3)16-13-14-9-5-6-10-15(14)17(16)11-7-4-8-12-17/h5-6,9-10,13H,4,7-8,11-12H2,1-3H3. The van der Waals surface area contributed by atoms with E-state index < -0.39 is 8.07 Å². The van der Waals surface area contributed by atoms with Crippen LogP contribution in [0.5, 0.6) is 0 Å². The maximum absolute atomic E-state index is 2.55. The Morgan fingerprint density at radius 1 is 0.944 bits per heavy atom. The predicted molar refractivity (Wildman–Crippen MR) is 82.5 cm³/mol. The van der Waals surface area contributed by atoms with Gasteiger partial charge in [-0.05, 0) is 24.0 Å². The van der Waals surface area contributed by atoms with E-state index in [2.05, 4.69) is 50.0 Å². The molecule has 0 radical (unpaired) electrons. The minimum atomic E-state index is -1.22. The number of benzene rings is 1. The first-order valence-electron chi connectivity index (χ1n) is 7.36. The minimum absolute atomic E-state index is 0.430. The highest BCUT2D eigenvalue weighted by atomic mass is 28.3. The summed E-state index contributed by atoms with van der Waals surface area (Å²) in [4.78, 5) is 0. The second-order valence-electron chi connectivity index (χ2n) is 7.04. The smallest absolute Gasteiger partial charge is 0.0702 e. The van der Waals surface area contributed by atoms with Crippen LogP contribution in [0.3, 0.4) is 0 Å². The van der Waals surface area contributed by atoms with Crippen LogP contribution in [-0.4, -0.2) is 8.07 Å². The average Bonchev–Trinajstić information content (AvgIpc) is 2.66. The molecule has 0 aliphatic heterocycles. The second-order valence-corrected chi connectivity index (χ2v) is 12.1. The van der Waals surface area contributed by atoms with E-state index in [0.717, 1.165) is 0 Å². The van der Waals surface area contributed by atoms with Crippen molar-refractivity contribution in [2.75, 3.05) is 0 Å². The fourth-order valence-electron chi connectivity index (χ4n) is 4.13. The van der Waals surface area contributed by atoms with Crippen LogP contribution < -0.4 is 0 Å². The van der Waals surface area contributed by atoms with Gasteiger partial charge in [-0.1, -0.05) is 74.4 Å². The Balaban J connectivity index is 2.16. The summed E-state index contributed by atoms with van der Waals surface area (Å²) in [5.41, 5.74) is 3.58. The van der Waals surface area contributed by atoms with Crippen molar-refractivity contribution in [2.45, 2.75) is 57.2 Å². The lowest BCUT2D eigenvalue weighted by Gasteiger charge is -2.42. The summed E-state index contributed by atoms with van der Waals surface area (Å²) >= 11 is 0. The van der Waals surface area contributed by atoms with Crippen LogP contribution >= 0.6 is 0 Å². The molecule has 1 saturated carbocycles. The third kappa shape index (κ3) is 1.71. The van der Waals surface area contributed by atoms with Gasteiger partial charge in [0.25, 0.3) is 0 Å². The van der Waals surface area contributed by atoms with Gasteiger partial charge in [-0.15, -0.1) is 0 Å². The summed E-state index contributed by atoms with van der Waals surface area (Å²) in [6, 6.07) is 9.14. The molecule has 96 valence electrons. The van der Waals surface area contributed by atoms with Crippen molar-refractivity contribution in [2.24, 2.45) is 0 Å². The van der Waals surface area contributed by atoms with E-state index in [1.807, 2.05) is 5.20 Å². The fourth-order valence-corrected chi connectivity index (χ4v) is 6.53. The summed E-state index contributed by atoms with van der Waals surface area (Å²) in [6.07, 6.45) is 9.59. The zero-order valence-electron chi connectivity index (χ0n) is 11.9. The summed E-state index contributed by atoms with van der Waals surface area (Å²) in [5.74, 6) is 0. The maximum Gasteiger partial charge on any atom is 0.0736 e. The molecule has 0 amide bonds. The number of hydrogen-bond donors (Lipinski definition) is 0. The van der Waals surface area contributed by atoms with Crippen molar-refractivity contribution in [1.82, 2.24) is 0 Å². The molecule has 3 rings (SSSR count). The van der Waals surface area contributed by atoms with E-state index in [9.17, 15) is 0 Å². The predicted octanol–water partition coefficient (Wildman–Crippen LogP) is 5.16.